The van der Waals surface area contributed by atoms with Crippen molar-refractivity contribution >= 4 is 46.5 Å². The molecule has 1 aromatic carbocycles. The maximum absolute atomic E-state index is 12.3. The predicted octanol–water partition coefficient (Wildman–Crippen LogP) is 5.95. The molecule has 0 spiro atoms. The molecular weight excluding hydrogens is 491 g/mol. The molecule has 0 fully saturated rings. The second-order valence-electron chi connectivity index (χ2n) is 7.05. The number of oxime groups is 1. The van der Waals surface area contributed by atoms with E-state index in [1.807, 2.05) is 34.9 Å². The highest BCUT2D eigenvalue weighted by molar-refractivity contribution is 7.16. The number of thiophene rings is 1. The van der Waals surface area contributed by atoms with Crippen LogP contribution < -0.4 is 10.6 Å². The first-order valence-corrected chi connectivity index (χ1v) is 11.0. The van der Waals surface area contributed by atoms with Gasteiger partial charge in [0.1, 0.15) is 12.2 Å². The van der Waals surface area contributed by atoms with Crippen molar-refractivity contribution in [2.75, 3.05) is 11.9 Å². The third-order valence-corrected chi connectivity index (χ3v) is 5.72. The molecule has 176 valence electrons. The van der Waals surface area contributed by atoms with Crippen molar-refractivity contribution in [3.8, 4) is 11.3 Å². The quantitative estimate of drug-likeness (QED) is 0.239. The van der Waals surface area contributed by atoms with Crippen LogP contribution in [0.1, 0.15) is 10.4 Å². The molecule has 2 amide bonds. The molecule has 0 aliphatic heterocycles. The number of nitrogens with one attached hydrogen (secondary N) is 2. The van der Waals surface area contributed by atoms with Crippen LogP contribution in [0.3, 0.4) is 0 Å². The van der Waals surface area contributed by atoms with Gasteiger partial charge in [-0.3, -0.25) is 4.40 Å². The SMILES string of the molecule is O=C(NCC(F)(F)F)Nc1cccc(-c2cnc3cc(/C=N/OCc4ccc(Cl)s4)ccn23)c1. The minimum atomic E-state index is -4.48. The molecule has 0 bridgehead atoms. The van der Waals surface area contributed by atoms with E-state index < -0.39 is 18.8 Å². The van der Waals surface area contributed by atoms with Crippen molar-refractivity contribution in [1.29, 1.82) is 0 Å². The number of imidazole rings is 1. The number of hydrogen-bond donors (Lipinski definition) is 2. The fraction of sp³-hybridized carbons (Fsp3) is 0.136. The van der Waals surface area contributed by atoms with Crippen molar-refractivity contribution in [1.82, 2.24) is 14.7 Å². The normalized spacial score (nSPS) is 11.8. The molecule has 3 aromatic heterocycles. The summed E-state index contributed by atoms with van der Waals surface area (Å²) in [6, 6.07) is 13.1. The maximum atomic E-state index is 12.3. The van der Waals surface area contributed by atoms with Gasteiger partial charge in [0.2, 0.25) is 0 Å². The summed E-state index contributed by atoms with van der Waals surface area (Å²) >= 11 is 7.31. The Bertz CT molecular complexity index is 1340. The standard InChI is InChI=1S/C22H17ClF3N5O2S/c23-19-5-4-17(34-19)12-33-29-10-14-6-7-31-18(11-27-20(31)8-14)15-2-1-3-16(9-15)30-21(32)28-13-22(24,25)26/h1-11H,12-13H2,(H2,28,30,32)/b29-10+. The van der Waals surface area contributed by atoms with Gasteiger partial charge in [-0.25, -0.2) is 9.78 Å². The van der Waals surface area contributed by atoms with Crippen molar-refractivity contribution < 1.29 is 22.8 Å². The number of benzene rings is 1. The number of fused-ring (bicyclic) bond motifs is 1. The lowest BCUT2D eigenvalue weighted by atomic mass is 10.1. The van der Waals surface area contributed by atoms with Gasteiger partial charge >= 0.3 is 12.2 Å². The molecule has 12 heteroatoms. The summed E-state index contributed by atoms with van der Waals surface area (Å²) in [4.78, 5) is 22.4. The second-order valence-corrected chi connectivity index (χ2v) is 8.85. The maximum Gasteiger partial charge on any atom is 0.405 e. The molecular formula is C22H17ClF3N5O2S. The number of nitrogens with zero attached hydrogens (tertiary/aromatic N) is 3. The Balaban J connectivity index is 1.43. The number of aromatic nitrogens is 2. The summed E-state index contributed by atoms with van der Waals surface area (Å²) in [6.45, 7) is -1.09. The average molecular weight is 508 g/mol. The Kier molecular flexibility index (Phi) is 7.03. The lowest BCUT2D eigenvalue weighted by Crippen LogP contribution is -2.36. The zero-order valence-electron chi connectivity index (χ0n) is 17.3. The average Bonchev–Trinajstić information content (AvgIpc) is 3.40. The van der Waals surface area contributed by atoms with Crippen molar-refractivity contribution in [3.05, 3.63) is 75.7 Å². The van der Waals surface area contributed by atoms with Crippen LogP contribution in [-0.4, -0.2) is 34.4 Å². The van der Waals surface area contributed by atoms with Crippen molar-refractivity contribution in [2.45, 2.75) is 12.8 Å². The van der Waals surface area contributed by atoms with Crippen molar-refractivity contribution in [2.24, 2.45) is 5.16 Å². The van der Waals surface area contributed by atoms with E-state index in [0.717, 1.165) is 21.7 Å². The van der Waals surface area contributed by atoms with Gasteiger partial charge in [0.25, 0.3) is 0 Å². The molecule has 0 unspecified atom stereocenters. The van der Waals surface area contributed by atoms with Crippen LogP contribution in [0.15, 0.2) is 66.1 Å². The summed E-state index contributed by atoms with van der Waals surface area (Å²) in [5.74, 6) is 0. The number of carbonyl (C=O) groups excluding carboxylic acids is 1. The molecule has 0 radical (unpaired) electrons. The van der Waals surface area contributed by atoms with Crippen LogP contribution in [-0.2, 0) is 11.4 Å². The number of rotatable bonds is 7. The Morgan fingerprint density at radius 3 is 2.85 bits per heavy atom. The van der Waals surface area contributed by atoms with Crippen molar-refractivity contribution in [3.63, 3.8) is 0 Å². The van der Waals surface area contributed by atoms with E-state index in [4.69, 9.17) is 16.4 Å². The number of alkyl halides is 3. The number of pyridine rings is 1. The summed E-state index contributed by atoms with van der Waals surface area (Å²) in [5, 5.41) is 8.14. The Morgan fingerprint density at radius 1 is 1.24 bits per heavy atom. The molecule has 0 saturated carbocycles. The van der Waals surface area contributed by atoms with Crippen LogP contribution in [0.5, 0.6) is 0 Å². The van der Waals surface area contributed by atoms with E-state index in [0.29, 0.717) is 22.3 Å². The largest absolute Gasteiger partial charge is 0.405 e. The zero-order chi connectivity index (χ0) is 24.1. The lowest BCUT2D eigenvalue weighted by molar-refractivity contribution is -0.122. The third-order valence-electron chi connectivity index (χ3n) is 4.51. The van der Waals surface area contributed by atoms with E-state index in [9.17, 15) is 18.0 Å². The topological polar surface area (TPSA) is 80.0 Å². The van der Waals surface area contributed by atoms with Crippen LogP contribution in [0.4, 0.5) is 23.7 Å². The molecule has 4 rings (SSSR count). The smallest absolute Gasteiger partial charge is 0.390 e. The number of carbonyl (C=O) groups is 1. The summed E-state index contributed by atoms with van der Waals surface area (Å²) < 4.78 is 39.3. The van der Waals surface area contributed by atoms with E-state index in [1.165, 1.54) is 11.3 Å². The molecule has 0 atom stereocenters. The first-order chi connectivity index (χ1) is 16.3. The zero-order valence-corrected chi connectivity index (χ0v) is 18.9. The number of urea groups is 1. The molecule has 2 N–H and O–H groups in total. The second kappa shape index (κ2) is 10.1. The molecule has 4 aromatic rings. The molecule has 34 heavy (non-hydrogen) atoms. The Labute approximate surface area is 200 Å². The van der Waals surface area contributed by atoms with Crippen LogP contribution in [0.25, 0.3) is 16.9 Å². The lowest BCUT2D eigenvalue weighted by Gasteiger charge is -2.10. The fourth-order valence-electron chi connectivity index (χ4n) is 3.03. The highest BCUT2D eigenvalue weighted by Crippen LogP contribution is 2.25. The predicted molar refractivity (Wildman–Crippen MR) is 125 cm³/mol. The first-order valence-electron chi connectivity index (χ1n) is 9.85. The summed E-state index contributed by atoms with van der Waals surface area (Å²) in [5.41, 5.74) is 3.25. The number of halogens is 4. The van der Waals surface area contributed by atoms with Gasteiger partial charge in [-0.15, -0.1) is 11.3 Å². The molecule has 3 heterocycles. The number of anilines is 1. The van der Waals surface area contributed by atoms with Gasteiger partial charge in [-0.05, 0) is 36.4 Å². The highest BCUT2D eigenvalue weighted by atomic mass is 35.5. The van der Waals surface area contributed by atoms with Gasteiger partial charge in [0, 0.05) is 27.9 Å². The third kappa shape index (κ3) is 6.27. The van der Waals surface area contributed by atoms with Crippen LogP contribution >= 0.6 is 22.9 Å². The molecule has 0 aliphatic carbocycles. The number of hydrogen-bond acceptors (Lipinski definition) is 5. The van der Waals surface area contributed by atoms with Gasteiger partial charge in [0.15, 0.2) is 6.61 Å². The number of amides is 2. The van der Waals surface area contributed by atoms with E-state index in [2.05, 4.69) is 15.5 Å². The molecule has 0 saturated heterocycles. The Hall–Kier alpha value is -3.57. The first kappa shape index (κ1) is 23.6. The molecule has 0 aliphatic rings. The van der Waals surface area contributed by atoms with Crippen LogP contribution in [0, 0.1) is 0 Å². The van der Waals surface area contributed by atoms with E-state index in [1.54, 1.807) is 42.0 Å². The van der Waals surface area contributed by atoms with Gasteiger partial charge in [-0.2, -0.15) is 13.2 Å². The van der Waals surface area contributed by atoms with E-state index >= 15 is 0 Å². The minimum absolute atomic E-state index is 0.322. The van der Waals surface area contributed by atoms with Gasteiger partial charge in [0.05, 0.1) is 22.4 Å². The van der Waals surface area contributed by atoms with Gasteiger partial charge < -0.3 is 15.5 Å². The summed E-state index contributed by atoms with van der Waals surface area (Å²) in [6.07, 6.45) is 0.571. The van der Waals surface area contributed by atoms with E-state index in [-0.39, 0.29) is 0 Å². The summed E-state index contributed by atoms with van der Waals surface area (Å²) in [7, 11) is 0. The fourth-order valence-corrected chi connectivity index (χ4v) is 4.03. The van der Waals surface area contributed by atoms with Crippen LogP contribution in [0.2, 0.25) is 4.34 Å². The highest BCUT2D eigenvalue weighted by Gasteiger charge is 2.27. The van der Waals surface area contributed by atoms with Gasteiger partial charge in [-0.1, -0.05) is 28.9 Å². The monoisotopic (exact) mass is 507 g/mol. The minimum Gasteiger partial charge on any atom is -0.390 e. The Morgan fingerprint density at radius 2 is 2.09 bits per heavy atom. The molecule has 7 nitrogen and oxygen atoms in total.